The summed E-state index contributed by atoms with van der Waals surface area (Å²) in [5.41, 5.74) is 3.33. The number of nitrogens with one attached hydrogen (secondary N) is 2. The first-order valence-electron chi connectivity index (χ1n) is 8.20. The third-order valence-electron chi connectivity index (χ3n) is 4.50. The summed E-state index contributed by atoms with van der Waals surface area (Å²) in [6, 6.07) is 5.58. The lowest BCUT2D eigenvalue weighted by atomic mass is 10.1. The quantitative estimate of drug-likeness (QED) is 0.859. The number of hydrogen-bond donors (Lipinski definition) is 2. The summed E-state index contributed by atoms with van der Waals surface area (Å²) < 4.78 is 25.7. The maximum absolute atomic E-state index is 12.1. The SMILES string of the molecule is O=C(NCCS(=O)(=O)N1CCCC1)Nc1cccc2c1CCC2. The van der Waals surface area contributed by atoms with Crippen molar-refractivity contribution >= 4 is 21.7 Å². The van der Waals surface area contributed by atoms with E-state index < -0.39 is 10.0 Å². The lowest BCUT2D eigenvalue weighted by Crippen LogP contribution is -2.37. The summed E-state index contributed by atoms with van der Waals surface area (Å²) >= 11 is 0. The zero-order valence-electron chi connectivity index (χ0n) is 13.2. The second-order valence-corrected chi connectivity index (χ2v) is 8.19. The Morgan fingerprint density at radius 1 is 1.13 bits per heavy atom. The molecule has 1 aromatic rings. The number of carbonyl (C=O) groups excluding carboxylic acids is 1. The number of hydrogen-bond acceptors (Lipinski definition) is 3. The summed E-state index contributed by atoms with van der Waals surface area (Å²) in [5.74, 6) is -0.0483. The minimum Gasteiger partial charge on any atom is -0.337 e. The molecule has 23 heavy (non-hydrogen) atoms. The standard InChI is InChI=1S/C16H23N3O3S/c20-16(17-9-12-23(21,22)19-10-1-2-11-19)18-15-8-4-6-13-5-3-7-14(13)15/h4,6,8H,1-3,5,7,9-12H2,(H2,17,18,20). The van der Waals surface area contributed by atoms with E-state index in [0.717, 1.165) is 37.8 Å². The van der Waals surface area contributed by atoms with Crippen molar-refractivity contribution in [3.05, 3.63) is 29.3 Å². The first-order chi connectivity index (χ1) is 11.1. The average Bonchev–Trinajstić information content (AvgIpc) is 3.19. The Hall–Kier alpha value is -1.60. The van der Waals surface area contributed by atoms with Crippen molar-refractivity contribution in [3.63, 3.8) is 0 Å². The van der Waals surface area contributed by atoms with Gasteiger partial charge in [-0.05, 0) is 49.3 Å². The minimum atomic E-state index is -3.25. The highest BCUT2D eigenvalue weighted by atomic mass is 32.2. The molecule has 1 aliphatic heterocycles. The third kappa shape index (κ3) is 3.84. The van der Waals surface area contributed by atoms with E-state index in [1.54, 1.807) is 0 Å². The molecule has 1 saturated heterocycles. The number of rotatable bonds is 5. The lowest BCUT2D eigenvalue weighted by Gasteiger charge is -2.16. The highest BCUT2D eigenvalue weighted by molar-refractivity contribution is 7.89. The molecule has 1 fully saturated rings. The maximum Gasteiger partial charge on any atom is 0.319 e. The van der Waals surface area contributed by atoms with Crippen LogP contribution in [0, 0.1) is 0 Å². The van der Waals surface area contributed by atoms with E-state index in [2.05, 4.69) is 16.7 Å². The van der Waals surface area contributed by atoms with Gasteiger partial charge in [0.2, 0.25) is 10.0 Å². The maximum atomic E-state index is 12.1. The van der Waals surface area contributed by atoms with E-state index in [1.165, 1.54) is 15.4 Å². The van der Waals surface area contributed by atoms with Gasteiger partial charge in [-0.3, -0.25) is 0 Å². The van der Waals surface area contributed by atoms with Gasteiger partial charge >= 0.3 is 6.03 Å². The van der Waals surface area contributed by atoms with Crippen LogP contribution in [0.2, 0.25) is 0 Å². The lowest BCUT2D eigenvalue weighted by molar-refractivity contribution is 0.252. The fourth-order valence-electron chi connectivity index (χ4n) is 3.29. The van der Waals surface area contributed by atoms with Crippen molar-refractivity contribution in [1.29, 1.82) is 0 Å². The molecule has 126 valence electrons. The number of urea groups is 1. The number of aryl methyl sites for hydroxylation is 1. The number of carbonyl (C=O) groups is 1. The monoisotopic (exact) mass is 337 g/mol. The molecule has 1 heterocycles. The van der Waals surface area contributed by atoms with Gasteiger partial charge in [0.25, 0.3) is 0 Å². The largest absolute Gasteiger partial charge is 0.337 e. The van der Waals surface area contributed by atoms with Gasteiger partial charge in [0.05, 0.1) is 5.75 Å². The van der Waals surface area contributed by atoms with Crippen LogP contribution in [0.15, 0.2) is 18.2 Å². The number of nitrogens with zero attached hydrogens (tertiary/aromatic N) is 1. The van der Waals surface area contributed by atoms with Gasteiger partial charge in [0.15, 0.2) is 0 Å². The van der Waals surface area contributed by atoms with E-state index in [-0.39, 0.29) is 18.3 Å². The zero-order valence-corrected chi connectivity index (χ0v) is 14.0. The third-order valence-corrected chi connectivity index (χ3v) is 6.37. The molecule has 3 rings (SSSR count). The van der Waals surface area contributed by atoms with Crippen LogP contribution >= 0.6 is 0 Å². The fourth-order valence-corrected chi connectivity index (χ4v) is 4.73. The van der Waals surface area contributed by atoms with E-state index in [9.17, 15) is 13.2 Å². The van der Waals surface area contributed by atoms with Crippen molar-refractivity contribution in [3.8, 4) is 0 Å². The van der Waals surface area contributed by atoms with Crippen LogP contribution in [0.1, 0.15) is 30.4 Å². The number of benzene rings is 1. The Labute approximate surface area is 137 Å². The Balaban J connectivity index is 1.50. The van der Waals surface area contributed by atoms with Crippen LogP contribution < -0.4 is 10.6 Å². The fraction of sp³-hybridized carbons (Fsp3) is 0.562. The Morgan fingerprint density at radius 2 is 1.91 bits per heavy atom. The van der Waals surface area contributed by atoms with Crippen molar-refractivity contribution < 1.29 is 13.2 Å². The molecule has 0 saturated carbocycles. The summed E-state index contributed by atoms with van der Waals surface area (Å²) in [5, 5.41) is 5.49. The molecular weight excluding hydrogens is 314 g/mol. The van der Waals surface area contributed by atoms with Gasteiger partial charge < -0.3 is 10.6 Å². The second kappa shape index (κ2) is 6.88. The van der Waals surface area contributed by atoms with E-state index in [1.807, 2.05) is 12.1 Å². The van der Waals surface area contributed by atoms with Crippen LogP contribution in [0.25, 0.3) is 0 Å². The molecule has 2 N–H and O–H groups in total. The molecule has 6 nitrogen and oxygen atoms in total. The van der Waals surface area contributed by atoms with Crippen molar-refractivity contribution in [2.45, 2.75) is 32.1 Å². The van der Waals surface area contributed by atoms with E-state index in [4.69, 9.17) is 0 Å². The molecule has 0 aromatic heterocycles. The van der Waals surface area contributed by atoms with Gasteiger partial charge in [-0.15, -0.1) is 0 Å². The van der Waals surface area contributed by atoms with Crippen LogP contribution in [-0.2, 0) is 22.9 Å². The van der Waals surface area contributed by atoms with Crippen LogP contribution in [0.3, 0.4) is 0 Å². The molecule has 2 aliphatic rings. The van der Waals surface area contributed by atoms with Crippen molar-refractivity contribution in [2.24, 2.45) is 0 Å². The first kappa shape index (κ1) is 16.3. The van der Waals surface area contributed by atoms with Crippen LogP contribution in [-0.4, -0.2) is 44.1 Å². The number of sulfonamides is 1. The number of fused-ring (bicyclic) bond motifs is 1. The van der Waals surface area contributed by atoms with Gasteiger partial charge in [0.1, 0.15) is 0 Å². The topological polar surface area (TPSA) is 78.5 Å². The van der Waals surface area contributed by atoms with Gasteiger partial charge in [-0.1, -0.05) is 12.1 Å². The predicted molar refractivity (Wildman–Crippen MR) is 90.1 cm³/mol. The average molecular weight is 337 g/mol. The molecule has 1 aliphatic carbocycles. The molecule has 0 bridgehead atoms. The van der Waals surface area contributed by atoms with Gasteiger partial charge in [0, 0.05) is 25.3 Å². The molecule has 7 heteroatoms. The van der Waals surface area contributed by atoms with Gasteiger partial charge in [-0.2, -0.15) is 0 Å². The normalized spacial score (nSPS) is 17.9. The molecule has 0 radical (unpaired) electrons. The Bertz CT molecular complexity index is 682. The Kier molecular flexibility index (Phi) is 4.87. The molecule has 0 spiro atoms. The molecule has 0 atom stereocenters. The molecule has 2 amide bonds. The minimum absolute atomic E-state index is 0.0483. The van der Waals surface area contributed by atoms with Gasteiger partial charge in [-0.25, -0.2) is 17.5 Å². The van der Waals surface area contributed by atoms with E-state index in [0.29, 0.717) is 13.1 Å². The summed E-state index contributed by atoms with van der Waals surface area (Å²) in [4.78, 5) is 12.0. The van der Waals surface area contributed by atoms with Crippen LogP contribution in [0.4, 0.5) is 10.5 Å². The summed E-state index contributed by atoms with van der Waals surface area (Å²) in [6.45, 7) is 1.33. The van der Waals surface area contributed by atoms with Crippen molar-refractivity contribution in [1.82, 2.24) is 9.62 Å². The summed E-state index contributed by atoms with van der Waals surface area (Å²) in [7, 11) is -3.25. The highest BCUT2D eigenvalue weighted by Crippen LogP contribution is 2.28. The zero-order chi connectivity index (χ0) is 16.3. The number of anilines is 1. The smallest absolute Gasteiger partial charge is 0.319 e. The number of amides is 2. The molecule has 0 unspecified atom stereocenters. The van der Waals surface area contributed by atoms with Crippen molar-refractivity contribution in [2.75, 3.05) is 30.7 Å². The molecular formula is C16H23N3O3S. The summed E-state index contributed by atoms with van der Waals surface area (Å²) in [6.07, 6.45) is 5.00. The highest BCUT2D eigenvalue weighted by Gasteiger charge is 2.25. The first-order valence-corrected chi connectivity index (χ1v) is 9.81. The second-order valence-electron chi connectivity index (χ2n) is 6.10. The predicted octanol–water partition coefficient (Wildman–Crippen LogP) is 1.72. The Morgan fingerprint density at radius 3 is 2.70 bits per heavy atom. The van der Waals surface area contributed by atoms with Crippen LogP contribution in [0.5, 0.6) is 0 Å². The van der Waals surface area contributed by atoms with E-state index >= 15 is 0 Å². The molecule has 1 aromatic carbocycles.